The van der Waals surface area contributed by atoms with Crippen molar-refractivity contribution in [1.29, 1.82) is 0 Å². The fourth-order valence-corrected chi connectivity index (χ4v) is 5.74. The molecule has 0 radical (unpaired) electrons. The molecule has 3 rings (SSSR count). The van der Waals surface area contributed by atoms with E-state index in [4.69, 9.17) is 5.73 Å². The van der Waals surface area contributed by atoms with Gasteiger partial charge in [0.1, 0.15) is 5.69 Å². The molecule has 2 aliphatic rings. The number of hydrogen-bond acceptors (Lipinski definition) is 4. The van der Waals surface area contributed by atoms with E-state index >= 15 is 0 Å². The van der Waals surface area contributed by atoms with Crippen LogP contribution in [0, 0.1) is 0 Å². The fraction of sp³-hybridized carbons (Fsp3) is 0.733. The SMILES string of the molecule is NC(=O)c1cc(C2CCN(S(=O)(=O)C3CCCCC3)CC2)[nH]n1. The second-order valence-electron chi connectivity index (χ2n) is 6.55. The van der Waals surface area contributed by atoms with E-state index < -0.39 is 15.9 Å². The zero-order valence-corrected chi connectivity index (χ0v) is 14.0. The van der Waals surface area contributed by atoms with E-state index in [-0.39, 0.29) is 16.9 Å². The summed E-state index contributed by atoms with van der Waals surface area (Å²) < 4.78 is 27.1. The van der Waals surface area contributed by atoms with Gasteiger partial charge in [-0.05, 0) is 31.7 Å². The number of amides is 1. The standard InChI is InChI=1S/C15H24N4O3S/c16-15(20)14-10-13(17-18-14)11-6-8-19(9-7-11)23(21,22)12-4-2-1-3-5-12/h10-12H,1-9H2,(H2,16,20)(H,17,18). The number of aromatic nitrogens is 2. The van der Waals surface area contributed by atoms with Crippen molar-refractivity contribution in [1.82, 2.24) is 14.5 Å². The minimum absolute atomic E-state index is 0.193. The van der Waals surface area contributed by atoms with E-state index in [0.717, 1.165) is 50.6 Å². The minimum atomic E-state index is -3.17. The van der Waals surface area contributed by atoms with Crippen LogP contribution in [0.3, 0.4) is 0 Å². The zero-order chi connectivity index (χ0) is 16.4. The van der Waals surface area contributed by atoms with Gasteiger partial charge in [0.25, 0.3) is 5.91 Å². The fourth-order valence-electron chi connectivity index (χ4n) is 3.67. The molecular weight excluding hydrogens is 316 g/mol. The molecule has 0 spiro atoms. The van der Waals surface area contributed by atoms with E-state index in [9.17, 15) is 13.2 Å². The predicted octanol–water partition coefficient (Wildman–Crippen LogP) is 1.35. The summed E-state index contributed by atoms with van der Waals surface area (Å²) in [4.78, 5) is 11.1. The van der Waals surface area contributed by atoms with Crippen LogP contribution in [-0.2, 0) is 10.0 Å². The molecule has 1 aliphatic heterocycles. The summed E-state index contributed by atoms with van der Waals surface area (Å²) in [7, 11) is -3.17. The smallest absolute Gasteiger partial charge is 0.269 e. The molecule has 2 heterocycles. The predicted molar refractivity (Wildman–Crippen MR) is 86.4 cm³/mol. The molecule has 3 N–H and O–H groups in total. The topological polar surface area (TPSA) is 109 Å². The lowest BCUT2D eigenvalue weighted by Gasteiger charge is -2.34. The molecule has 2 fully saturated rings. The van der Waals surface area contributed by atoms with Gasteiger partial charge in [0.05, 0.1) is 5.25 Å². The number of rotatable bonds is 4. The van der Waals surface area contributed by atoms with Gasteiger partial charge in [0.15, 0.2) is 0 Å². The molecule has 1 aliphatic carbocycles. The van der Waals surface area contributed by atoms with Gasteiger partial charge in [0.2, 0.25) is 10.0 Å². The van der Waals surface area contributed by atoms with E-state index in [1.807, 2.05) is 0 Å². The summed E-state index contributed by atoms with van der Waals surface area (Å²) in [5, 5.41) is 6.56. The molecule has 0 atom stereocenters. The Labute approximate surface area is 136 Å². The van der Waals surface area contributed by atoms with Crippen LogP contribution in [0.2, 0.25) is 0 Å². The number of hydrogen-bond donors (Lipinski definition) is 2. The van der Waals surface area contributed by atoms with Crippen LogP contribution >= 0.6 is 0 Å². The van der Waals surface area contributed by atoms with Crippen molar-refractivity contribution >= 4 is 15.9 Å². The van der Waals surface area contributed by atoms with Crippen LogP contribution in [0.15, 0.2) is 6.07 Å². The summed E-state index contributed by atoms with van der Waals surface area (Å²) in [5.41, 5.74) is 6.31. The Morgan fingerprint density at radius 3 is 2.39 bits per heavy atom. The van der Waals surface area contributed by atoms with Crippen molar-refractivity contribution in [3.05, 3.63) is 17.5 Å². The quantitative estimate of drug-likeness (QED) is 0.862. The van der Waals surface area contributed by atoms with Crippen LogP contribution in [0.4, 0.5) is 0 Å². The molecule has 1 aromatic rings. The van der Waals surface area contributed by atoms with Crippen molar-refractivity contribution in [2.45, 2.75) is 56.1 Å². The lowest BCUT2D eigenvalue weighted by atomic mass is 9.94. The maximum Gasteiger partial charge on any atom is 0.269 e. The maximum absolute atomic E-state index is 12.7. The summed E-state index contributed by atoms with van der Waals surface area (Å²) in [6, 6.07) is 1.68. The van der Waals surface area contributed by atoms with Gasteiger partial charge >= 0.3 is 0 Å². The van der Waals surface area contributed by atoms with Crippen LogP contribution in [0.5, 0.6) is 0 Å². The molecule has 8 heteroatoms. The highest BCUT2D eigenvalue weighted by molar-refractivity contribution is 7.89. The number of nitrogens with zero attached hydrogens (tertiary/aromatic N) is 2. The number of sulfonamides is 1. The molecule has 128 valence electrons. The van der Waals surface area contributed by atoms with Crippen LogP contribution in [0.25, 0.3) is 0 Å². The number of carbonyl (C=O) groups is 1. The Morgan fingerprint density at radius 1 is 1.17 bits per heavy atom. The number of H-pyrrole nitrogens is 1. The van der Waals surface area contributed by atoms with Gasteiger partial charge in [-0.3, -0.25) is 9.89 Å². The Morgan fingerprint density at radius 2 is 1.83 bits per heavy atom. The molecular formula is C15H24N4O3S. The maximum atomic E-state index is 12.7. The first-order chi connectivity index (χ1) is 11.0. The Hall–Kier alpha value is -1.41. The molecule has 0 bridgehead atoms. The van der Waals surface area contributed by atoms with Crippen LogP contribution < -0.4 is 5.73 Å². The first-order valence-electron chi connectivity index (χ1n) is 8.32. The van der Waals surface area contributed by atoms with Gasteiger partial charge in [-0.25, -0.2) is 12.7 Å². The van der Waals surface area contributed by atoms with Crippen molar-refractivity contribution in [2.24, 2.45) is 5.73 Å². The molecule has 1 aromatic heterocycles. The average molecular weight is 340 g/mol. The number of carbonyl (C=O) groups excluding carboxylic acids is 1. The average Bonchev–Trinajstić information content (AvgIpc) is 3.06. The normalized spacial score (nSPS) is 22.3. The first-order valence-corrected chi connectivity index (χ1v) is 9.83. The minimum Gasteiger partial charge on any atom is -0.364 e. The largest absolute Gasteiger partial charge is 0.364 e. The van der Waals surface area contributed by atoms with E-state index in [2.05, 4.69) is 10.2 Å². The Bertz CT molecular complexity index is 656. The van der Waals surface area contributed by atoms with E-state index in [0.29, 0.717) is 13.1 Å². The molecule has 23 heavy (non-hydrogen) atoms. The second kappa shape index (κ2) is 6.60. The van der Waals surface area contributed by atoms with Crippen molar-refractivity contribution in [3.8, 4) is 0 Å². The molecule has 1 saturated carbocycles. The molecule has 0 aromatic carbocycles. The Kier molecular flexibility index (Phi) is 4.72. The van der Waals surface area contributed by atoms with Crippen LogP contribution in [0.1, 0.15) is 67.0 Å². The summed E-state index contributed by atoms with van der Waals surface area (Å²) in [5.74, 6) is -0.349. The summed E-state index contributed by atoms with van der Waals surface area (Å²) >= 11 is 0. The van der Waals surface area contributed by atoms with Gasteiger partial charge in [0, 0.05) is 24.7 Å². The van der Waals surface area contributed by atoms with Gasteiger partial charge in [-0.15, -0.1) is 0 Å². The third kappa shape index (κ3) is 3.42. The number of nitrogens with two attached hydrogens (primary N) is 1. The highest BCUT2D eigenvalue weighted by Gasteiger charge is 2.35. The van der Waals surface area contributed by atoms with Gasteiger partial charge < -0.3 is 5.73 Å². The number of primary amides is 1. The number of nitrogens with one attached hydrogen (secondary N) is 1. The highest BCUT2D eigenvalue weighted by Crippen LogP contribution is 2.32. The second-order valence-corrected chi connectivity index (χ2v) is 8.76. The number of aromatic amines is 1. The van der Waals surface area contributed by atoms with Crippen molar-refractivity contribution in [2.75, 3.05) is 13.1 Å². The highest BCUT2D eigenvalue weighted by atomic mass is 32.2. The van der Waals surface area contributed by atoms with E-state index in [1.54, 1.807) is 10.4 Å². The summed E-state index contributed by atoms with van der Waals surface area (Å²) in [6.45, 7) is 1.07. The third-order valence-electron chi connectivity index (χ3n) is 5.08. The van der Waals surface area contributed by atoms with Gasteiger partial charge in [-0.2, -0.15) is 5.10 Å². The Balaban J connectivity index is 1.62. The van der Waals surface area contributed by atoms with Gasteiger partial charge in [-0.1, -0.05) is 19.3 Å². The monoisotopic (exact) mass is 340 g/mol. The molecule has 1 saturated heterocycles. The van der Waals surface area contributed by atoms with Crippen molar-refractivity contribution in [3.63, 3.8) is 0 Å². The molecule has 7 nitrogen and oxygen atoms in total. The molecule has 1 amide bonds. The number of piperidine rings is 1. The zero-order valence-electron chi connectivity index (χ0n) is 13.2. The van der Waals surface area contributed by atoms with Crippen molar-refractivity contribution < 1.29 is 13.2 Å². The lowest BCUT2D eigenvalue weighted by molar-refractivity contribution is 0.0995. The van der Waals surface area contributed by atoms with E-state index in [1.165, 1.54) is 0 Å². The molecule has 0 unspecified atom stereocenters. The van der Waals surface area contributed by atoms with Crippen LogP contribution in [-0.4, -0.2) is 47.2 Å². The first kappa shape index (κ1) is 16.4. The third-order valence-corrected chi connectivity index (χ3v) is 7.48. The lowest BCUT2D eigenvalue weighted by Crippen LogP contribution is -2.43. The summed E-state index contributed by atoms with van der Waals surface area (Å²) in [6.07, 6.45) is 6.26.